The van der Waals surface area contributed by atoms with E-state index in [1.807, 2.05) is 13.2 Å². The van der Waals surface area contributed by atoms with Crippen LogP contribution in [-0.4, -0.2) is 23.6 Å². The van der Waals surface area contributed by atoms with Gasteiger partial charge in [-0.15, -0.1) is 0 Å². The van der Waals surface area contributed by atoms with Gasteiger partial charge < -0.3 is 10.3 Å². The number of imidazole rings is 1. The van der Waals surface area contributed by atoms with Crippen molar-refractivity contribution >= 4 is 6.08 Å². The maximum atomic E-state index is 4.00. The number of rotatable bonds is 4. The summed E-state index contributed by atoms with van der Waals surface area (Å²) in [4.78, 5) is 7.09. The summed E-state index contributed by atoms with van der Waals surface area (Å²) >= 11 is 0. The minimum atomic E-state index is 0.891. The Bertz CT molecular complexity index is 441. The Kier molecular flexibility index (Phi) is 3.51. The fraction of sp³-hybridized carbons (Fsp3) is 0.154. The first kappa shape index (κ1) is 10.6. The van der Waals surface area contributed by atoms with Gasteiger partial charge in [0.15, 0.2) is 0 Å². The lowest BCUT2D eigenvalue weighted by atomic mass is 10.1. The van der Waals surface area contributed by atoms with Gasteiger partial charge in [-0.3, -0.25) is 0 Å². The van der Waals surface area contributed by atoms with Crippen molar-refractivity contribution in [2.45, 2.75) is 0 Å². The molecule has 0 saturated heterocycles. The lowest BCUT2D eigenvalue weighted by Crippen LogP contribution is -2.03. The van der Waals surface area contributed by atoms with E-state index < -0.39 is 0 Å². The largest absolute Gasteiger partial charge is 0.345 e. The monoisotopic (exact) mass is 213 g/mol. The molecule has 82 valence electrons. The highest BCUT2D eigenvalue weighted by molar-refractivity contribution is 5.61. The smallest absolute Gasteiger partial charge is 0.0924 e. The Morgan fingerprint density at radius 3 is 2.75 bits per heavy atom. The van der Waals surface area contributed by atoms with E-state index >= 15 is 0 Å². The molecule has 0 spiro atoms. The molecule has 1 aromatic carbocycles. The van der Waals surface area contributed by atoms with Crippen molar-refractivity contribution < 1.29 is 0 Å². The van der Waals surface area contributed by atoms with Crippen LogP contribution in [0.2, 0.25) is 0 Å². The molecule has 16 heavy (non-hydrogen) atoms. The quantitative estimate of drug-likeness (QED) is 0.818. The van der Waals surface area contributed by atoms with Crippen molar-refractivity contribution in [3.05, 3.63) is 48.4 Å². The minimum Gasteiger partial charge on any atom is -0.345 e. The second kappa shape index (κ2) is 5.28. The molecule has 0 atom stereocenters. The van der Waals surface area contributed by atoms with E-state index in [1.54, 1.807) is 6.33 Å². The molecule has 1 aromatic heterocycles. The molecule has 2 aromatic rings. The molecule has 0 radical (unpaired) electrons. The Morgan fingerprint density at radius 1 is 1.31 bits per heavy atom. The summed E-state index contributed by atoms with van der Waals surface area (Å²) in [6.07, 6.45) is 7.72. The van der Waals surface area contributed by atoms with Crippen LogP contribution in [0.3, 0.4) is 0 Å². The number of hydrogen-bond donors (Lipinski definition) is 2. The average molecular weight is 213 g/mol. The van der Waals surface area contributed by atoms with Crippen LogP contribution in [0.4, 0.5) is 0 Å². The zero-order valence-corrected chi connectivity index (χ0v) is 9.27. The summed E-state index contributed by atoms with van der Waals surface area (Å²) < 4.78 is 0. The van der Waals surface area contributed by atoms with Gasteiger partial charge in [-0.25, -0.2) is 4.98 Å². The maximum Gasteiger partial charge on any atom is 0.0924 e. The first-order chi connectivity index (χ1) is 7.90. The number of H-pyrrole nitrogens is 1. The molecule has 3 heteroatoms. The summed E-state index contributed by atoms with van der Waals surface area (Å²) in [6.45, 7) is 0.891. The van der Waals surface area contributed by atoms with E-state index in [0.717, 1.165) is 17.8 Å². The Hall–Kier alpha value is -1.87. The van der Waals surface area contributed by atoms with Gasteiger partial charge in [0.1, 0.15) is 0 Å². The number of nitrogens with one attached hydrogen (secondary N) is 2. The average Bonchev–Trinajstić information content (AvgIpc) is 2.84. The molecule has 0 bridgehead atoms. The molecule has 3 nitrogen and oxygen atoms in total. The fourth-order valence-electron chi connectivity index (χ4n) is 1.50. The Balaban J connectivity index is 2.11. The number of nitrogens with zero attached hydrogens (tertiary/aromatic N) is 1. The van der Waals surface area contributed by atoms with Crippen molar-refractivity contribution in [3.8, 4) is 11.3 Å². The van der Waals surface area contributed by atoms with Crippen molar-refractivity contribution in [2.75, 3.05) is 13.6 Å². The predicted molar refractivity (Wildman–Crippen MR) is 67.0 cm³/mol. The SMILES string of the molecule is CNCC=Cc1ccc(-c2cnc[nH]2)cc1. The van der Waals surface area contributed by atoms with Gasteiger partial charge in [-0.2, -0.15) is 0 Å². The van der Waals surface area contributed by atoms with Gasteiger partial charge >= 0.3 is 0 Å². The lowest BCUT2D eigenvalue weighted by molar-refractivity contribution is 0.922. The van der Waals surface area contributed by atoms with Crippen LogP contribution in [-0.2, 0) is 0 Å². The summed E-state index contributed by atoms with van der Waals surface area (Å²) in [5.74, 6) is 0. The van der Waals surface area contributed by atoms with Gasteiger partial charge in [0.25, 0.3) is 0 Å². The third-order valence-electron chi connectivity index (χ3n) is 2.35. The first-order valence-corrected chi connectivity index (χ1v) is 5.30. The van der Waals surface area contributed by atoms with E-state index in [4.69, 9.17) is 0 Å². The standard InChI is InChI=1S/C13H15N3/c1-14-8-2-3-11-4-6-12(7-5-11)13-9-15-10-16-13/h2-7,9-10,14H,8H2,1H3,(H,15,16). The Labute approximate surface area is 95.2 Å². The highest BCUT2D eigenvalue weighted by Gasteiger charge is 1.96. The van der Waals surface area contributed by atoms with Gasteiger partial charge in [0, 0.05) is 6.54 Å². The summed E-state index contributed by atoms with van der Waals surface area (Å²) in [7, 11) is 1.94. The molecule has 1 heterocycles. The molecule has 0 aliphatic heterocycles. The zero-order valence-electron chi connectivity index (χ0n) is 9.27. The number of aromatic nitrogens is 2. The zero-order chi connectivity index (χ0) is 11.2. The van der Waals surface area contributed by atoms with E-state index in [2.05, 4.69) is 51.7 Å². The third kappa shape index (κ3) is 2.58. The van der Waals surface area contributed by atoms with Crippen molar-refractivity contribution in [3.63, 3.8) is 0 Å². The maximum absolute atomic E-state index is 4.00. The van der Waals surface area contributed by atoms with Crippen LogP contribution < -0.4 is 5.32 Å². The molecular formula is C13H15N3. The molecule has 0 saturated carbocycles. The van der Waals surface area contributed by atoms with Crippen LogP contribution in [0, 0.1) is 0 Å². The van der Waals surface area contributed by atoms with Gasteiger partial charge in [0.2, 0.25) is 0 Å². The molecular weight excluding hydrogens is 198 g/mol. The van der Waals surface area contributed by atoms with E-state index in [1.165, 1.54) is 5.56 Å². The van der Waals surface area contributed by atoms with Crippen molar-refractivity contribution in [2.24, 2.45) is 0 Å². The number of likely N-dealkylation sites (N-methyl/N-ethyl adjacent to an activating group) is 1. The molecule has 0 amide bonds. The minimum absolute atomic E-state index is 0.891. The third-order valence-corrected chi connectivity index (χ3v) is 2.35. The number of hydrogen-bond acceptors (Lipinski definition) is 2. The molecule has 0 fully saturated rings. The normalized spacial score (nSPS) is 11.1. The molecule has 0 aliphatic rings. The molecule has 0 aliphatic carbocycles. The summed E-state index contributed by atoms with van der Waals surface area (Å²) in [5, 5.41) is 3.07. The molecule has 2 N–H and O–H groups in total. The predicted octanol–water partition coefficient (Wildman–Crippen LogP) is 2.31. The highest BCUT2D eigenvalue weighted by Crippen LogP contribution is 2.16. The summed E-state index contributed by atoms with van der Waals surface area (Å²) in [6, 6.07) is 8.38. The van der Waals surface area contributed by atoms with E-state index in [9.17, 15) is 0 Å². The van der Waals surface area contributed by atoms with E-state index in [-0.39, 0.29) is 0 Å². The molecule has 0 unspecified atom stereocenters. The molecule has 2 rings (SSSR count). The fourth-order valence-corrected chi connectivity index (χ4v) is 1.50. The second-order valence-electron chi connectivity index (χ2n) is 3.55. The number of aromatic amines is 1. The van der Waals surface area contributed by atoms with Crippen LogP contribution in [0.5, 0.6) is 0 Å². The van der Waals surface area contributed by atoms with Crippen LogP contribution in [0.25, 0.3) is 17.3 Å². The van der Waals surface area contributed by atoms with Crippen LogP contribution >= 0.6 is 0 Å². The van der Waals surface area contributed by atoms with Crippen molar-refractivity contribution in [1.82, 2.24) is 15.3 Å². The van der Waals surface area contributed by atoms with Crippen molar-refractivity contribution in [1.29, 1.82) is 0 Å². The van der Waals surface area contributed by atoms with Gasteiger partial charge in [-0.05, 0) is 18.2 Å². The highest BCUT2D eigenvalue weighted by atomic mass is 14.9. The van der Waals surface area contributed by atoms with Gasteiger partial charge in [-0.1, -0.05) is 36.4 Å². The number of benzene rings is 1. The van der Waals surface area contributed by atoms with Crippen LogP contribution in [0.1, 0.15) is 5.56 Å². The first-order valence-electron chi connectivity index (χ1n) is 5.30. The lowest BCUT2D eigenvalue weighted by Gasteiger charge is -1.98. The van der Waals surface area contributed by atoms with Gasteiger partial charge in [0.05, 0.1) is 18.2 Å². The summed E-state index contributed by atoms with van der Waals surface area (Å²) in [5.41, 5.74) is 3.41. The second-order valence-corrected chi connectivity index (χ2v) is 3.55. The topological polar surface area (TPSA) is 40.7 Å². The van der Waals surface area contributed by atoms with Crippen LogP contribution in [0.15, 0.2) is 42.9 Å². The Morgan fingerprint density at radius 2 is 2.12 bits per heavy atom. The van der Waals surface area contributed by atoms with E-state index in [0.29, 0.717) is 0 Å².